The van der Waals surface area contributed by atoms with Crippen LogP contribution in [0.2, 0.25) is 19.6 Å². The molecule has 0 amide bonds. The zero-order valence-electron chi connectivity index (χ0n) is 12.1. The molecule has 1 heterocycles. The lowest BCUT2D eigenvalue weighted by molar-refractivity contribution is 0.734. The van der Waals surface area contributed by atoms with Gasteiger partial charge in [-0.25, -0.2) is 4.98 Å². The molecule has 2 aromatic rings. The molecule has 0 spiro atoms. The van der Waals surface area contributed by atoms with E-state index in [9.17, 15) is 0 Å². The number of aryl methyl sites for hydroxylation is 1. The molecule has 98 valence electrons. The van der Waals surface area contributed by atoms with Crippen LogP contribution in [0.15, 0.2) is 18.2 Å². The molecule has 1 aromatic carbocycles. The summed E-state index contributed by atoms with van der Waals surface area (Å²) < 4.78 is 2.38. The first kappa shape index (κ1) is 12.5. The zero-order chi connectivity index (χ0) is 13.6. The maximum atomic E-state index is 4.69. The first-order chi connectivity index (χ1) is 8.94. The first-order valence-corrected chi connectivity index (χ1v) is 10.5. The predicted octanol–water partition coefficient (Wildman–Crippen LogP) is 3.91. The second kappa shape index (κ2) is 4.24. The van der Waals surface area contributed by atoms with E-state index in [1.807, 2.05) is 0 Å². The van der Waals surface area contributed by atoms with Crippen molar-refractivity contribution in [2.75, 3.05) is 0 Å². The fourth-order valence-electron chi connectivity index (χ4n) is 2.35. The zero-order valence-corrected chi connectivity index (χ0v) is 13.1. The maximum absolute atomic E-state index is 4.69. The minimum absolute atomic E-state index is 0.684. The Hall–Kier alpha value is -1.53. The van der Waals surface area contributed by atoms with Crippen molar-refractivity contribution in [1.29, 1.82) is 0 Å². The Kier molecular flexibility index (Phi) is 2.79. The maximum Gasteiger partial charge on any atom is 0.129 e. The van der Waals surface area contributed by atoms with Crippen molar-refractivity contribution in [3.8, 4) is 11.5 Å². The molecule has 1 aliphatic carbocycles. The van der Waals surface area contributed by atoms with Gasteiger partial charge in [0, 0.05) is 11.6 Å². The third-order valence-electron chi connectivity index (χ3n) is 3.36. The summed E-state index contributed by atoms with van der Waals surface area (Å²) in [6.07, 6.45) is 2.59. The summed E-state index contributed by atoms with van der Waals surface area (Å²) in [4.78, 5) is 4.69. The number of fused-ring (bicyclic) bond motifs is 1. The molecule has 0 saturated heterocycles. The van der Waals surface area contributed by atoms with Gasteiger partial charge in [-0.3, -0.25) is 0 Å². The number of hydrogen-bond donors (Lipinski definition) is 0. The average molecular weight is 268 g/mol. The number of nitrogens with zero attached hydrogens (tertiary/aromatic N) is 2. The number of aromatic nitrogens is 2. The van der Waals surface area contributed by atoms with E-state index < -0.39 is 8.07 Å². The quantitative estimate of drug-likeness (QED) is 0.566. The van der Waals surface area contributed by atoms with Crippen LogP contribution in [-0.2, 0) is 0 Å². The van der Waals surface area contributed by atoms with Gasteiger partial charge in [0.05, 0.1) is 11.0 Å². The summed E-state index contributed by atoms with van der Waals surface area (Å²) in [5.74, 6) is 4.45. The molecule has 0 N–H and O–H groups in total. The van der Waals surface area contributed by atoms with Crippen LogP contribution in [0.4, 0.5) is 0 Å². The van der Waals surface area contributed by atoms with Crippen molar-refractivity contribution < 1.29 is 0 Å². The molecule has 3 rings (SSSR count). The molecule has 3 heteroatoms. The predicted molar refractivity (Wildman–Crippen MR) is 83.0 cm³/mol. The van der Waals surface area contributed by atoms with E-state index in [-0.39, 0.29) is 0 Å². The van der Waals surface area contributed by atoms with Crippen LogP contribution in [0.1, 0.15) is 30.3 Å². The summed E-state index contributed by atoms with van der Waals surface area (Å²) >= 11 is 0. The van der Waals surface area contributed by atoms with Crippen LogP contribution in [0.5, 0.6) is 0 Å². The van der Waals surface area contributed by atoms with Crippen LogP contribution in [0.3, 0.4) is 0 Å². The Bertz CT molecular complexity index is 691. The normalized spacial score (nSPS) is 15.4. The van der Waals surface area contributed by atoms with Gasteiger partial charge >= 0.3 is 0 Å². The standard InChI is InChI=1S/C16H20N2Si/c1-12-17-15-11-13(9-10-19(2,3)4)5-8-16(15)18(12)14-6-7-14/h5,8,11,14H,6-7H2,1-4H3. The van der Waals surface area contributed by atoms with E-state index in [2.05, 4.69) is 65.8 Å². The molecule has 0 bridgehead atoms. The van der Waals surface area contributed by atoms with Gasteiger partial charge in [0.15, 0.2) is 0 Å². The highest BCUT2D eigenvalue weighted by atomic mass is 28.3. The van der Waals surface area contributed by atoms with Crippen LogP contribution in [0, 0.1) is 18.4 Å². The summed E-state index contributed by atoms with van der Waals surface area (Å²) in [6, 6.07) is 7.13. The van der Waals surface area contributed by atoms with Crippen molar-refractivity contribution in [1.82, 2.24) is 9.55 Å². The SMILES string of the molecule is Cc1nc2cc(C#C[Si](C)(C)C)ccc2n1C1CC1. The Morgan fingerprint density at radius 3 is 2.63 bits per heavy atom. The fraction of sp³-hybridized carbons (Fsp3) is 0.438. The monoisotopic (exact) mass is 268 g/mol. The lowest BCUT2D eigenvalue weighted by Crippen LogP contribution is -2.16. The molecule has 0 aliphatic heterocycles. The van der Waals surface area contributed by atoms with Crippen molar-refractivity contribution >= 4 is 19.1 Å². The Labute approximate surface area is 115 Å². The first-order valence-electron chi connectivity index (χ1n) is 6.96. The summed E-state index contributed by atoms with van der Waals surface area (Å²) in [5, 5.41) is 0. The van der Waals surface area contributed by atoms with Crippen molar-refractivity contribution in [3.05, 3.63) is 29.6 Å². The number of rotatable bonds is 1. The molecule has 1 aliphatic rings. The topological polar surface area (TPSA) is 17.8 Å². The Morgan fingerprint density at radius 2 is 2.00 bits per heavy atom. The molecular weight excluding hydrogens is 248 g/mol. The second-order valence-electron chi connectivity index (χ2n) is 6.46. The van der Waals surface area contributed by atoms with Gasteiger partial charge in [0.1, 0.15) is 13.9 Å². The van der Waals surface area contributed by atoms with Gasteiger partial charge in [-0.1, -0.05) is 25.6 Å². The Morgan fingerprint density at radius 1 is 1.26 bits per heavy atom. The molecular formula is C16H20N2Si. The molecule has 0 unspecified atom stereocenters. The number of imidazole rings is 1. The smallest absolute Gasteiger partial charge is 0.129 e. The van der Waals surface area contributed by atoms with E-state index in [4.69, 9.17) is 0 Å². The van der Waals surface area contributed by atoms with Gasteiger partial charge in [0.25, 0.3) is 0 Å². The summed E-state index contributed by atoms with van der Waals surface area (Å²) in [5.41, 5.74) is 6.86. The molecule has 19 heavy (non-hydrogen) atoms. The number of hydrogen-bond acceptors (Lipinski definition) is 1. The third-order valence-corrected chi connectivity index (χ3v) is 4.23. The molecule has 2 nitrogen and oxygen atoms in total. The van der Waals surface area contributed by atoms with E-state index in [1.165, 1.54) is 18.4 Å². The molecule has 1 fully saturated rings. The Balaban J connectivity index is 2.04. The van der Waals surface area contributed by atoms with Crippen LogP contribution in [0.25, 0.3) is 11.0 Å². The van der Waals surface area contributed by atoms with Crippen LogP contribution < -0.4 is 0 Å². The minimum atomic E-state index is -1.31. The highest BCUT2D eigenvalue weighted by Crippen LogP contribution is 2.38. The molecule has 0 radical (unpaired) electrons. The van der Waals surface area contributed by atoms with Crippen molar-refractivity contribution in [2.45, 2.75) is 45.4 Å². The number of benzene rings is 1. The van der Waals surface area contributed by atoms with Gasteiger partial charge in [0.2, 0.25) is 0 Å². The summed E-state index contributed by atoms with van der Waals surface area (Å²) in [6.45, 7) is 8.91. The lowest BCUT2D eigenvalue weighted by atomic mass is 10.2. The van der Waals surface area contributed by atoms with Crippen molar-refractivity contribution in [2.24, 2.45) is 0 Å². The van der Waals surface area contributed by atoms with E-state index >= 15 is 0 Å². The third kappa shape index (κ3) is 2.59. The van der Waals surface area contributed by atoms with Gasteiger partial charge in [-0.2, -0.15) is 0 Å². The van der Waals surface area contributed by atoms with Crippen LogP contribution >= 0.6 is 0 Å². The largest absolute Gasteiger partial charge is 0.325 e. The highest BCUT2D eigenvalue weighted by molar-refractivity contribution is 6.83. The molecule has 1 aromatic heterocycles. The molecule has 0 atom stereocenters. The summed E-state index contributed by atoms with van der Waals surface area (Å²) in [7, 11) is -1.31. The molecule has 1 saturated carbocycles. The minimum Gasteiger partial charge on any atom is -0.325 e. The average Bonchev–Trinajstić information content (AvgIpc) is 3.08. The lowest BCUT2D eigenvalue weighted by Gasteiger charge is -2.04. The van der Waals surface area contributed by atoms with E-state index in [1.54, 1.807) is 0 Å². The van der Waals surface area contributed by atoms with Gasteiger partial charge < -0.3 is 4.57 Å². The van der Waals surface area contributed by atoms with Crippen LogP contribution in [-0.4, -0.2) is 17.6 Å². The van der Waals surface area contributed by atoms with Gasteiger partial charge in [-0.05, 0) is 38.0 Å². The second-order valence-corrected chi connectivity index (χ2v) is 11.2. The fourth-order valence-corrected chi connectivity index (χ4v) is 2.87. The van der Waals surface area contributed by atoms with E-state index in [0.717, 1.165) is 16.9 Å². The highest BCUT2D eigenvalue weighted by Gasteiger charge is 2.26. The van der Waals surface area contributed by atoms with E-state index in [0.29, 0.717) is 6.04 Å². The van der Waals surface area contributed by atoms with Gasteiger partial charge in [-0.15, -0.1) is 5.54 Å². The van der Waals surface area contributed by atoms with Crippen molar-refractivity contribution in [3.63, 3.8) is 0 Å².